The monoisotopic (exact) mass is 228 g/mol. The number of carboxylic acids is 1. The fourth-order valence-electron chi connectivity index (χ4n) is 1.31. The first-order valence-electron chi connectivity index (χ1n) is 4.87. The van der Waals surface area contributed by atoms with Gasteiger partial charge in [-0.3, -0.25) is 10.1 Å². The second kappa shape index (κ2) is 5.23. The van der Waals surface area contributed by atoms with Gasteiger partial charge in [-0.05, 0) is 12.8 Å². The summed E-state index contributed by atoms with van der Waals surface area (Å²) in [5.41, 5.74) is 2.75. The van der Waals surface area contributed by atoms with E-state index in [9.17, 15) is 4.79 Å². The standard InChI is InChI=1S/C10H16N2O2S/c1-6(2)9(10(13)14)11-4-8-7(3)12-5-15-8/h5-6,9,11H,4H2,1-3H3,(H,13,14). The summed E-state index contributed by atoms with van der Waals surface area (Å²) < 4.78 is 0. The van der Waals surface area contributed by atoms with Gasteiger partial charge < -0.3 is 5.11 Å². The molecule has 4 nitrogen and oxygen atoms in total. The van der Waals surface area contributed by atoms with Gasteiger partial charge in [0.15, 0.2) is 0 Å². The van der Waals surface area contributed by atoms with E-state index >= 15 is 0 Å². The minimum atomic E-state index is -0.799. The van der Waals surface area contributed by atoms with Gasteiger partial charge in [-0.15, -0.1) is 11.3 Å². The molecule has 1 heterocycles. The second-order valence-corrected chi connectivity index (χ2v) is 4.74. The Balaban J connectivity index is 2.55. The van der Waals surface area contributed by atoms with Crippen molar-refractivity contribution >= 4 is 17.3 Å². The molecule has 0 bridgehead atoms. The smallest absolute Gasteiger partial charge is 0.320 e. The average Bonchev–Trinajstić information content (AvgIpc) is 2.51. The summed E-state index contributed by atoms with van der Waals surface area (Å²) in [6.07, 6.45) is 0. The van der Waals surface area contributed by atoms with Crippen molar-refractivity contribution in [3.8, 4) is 0 Å². The number of aliphatic carboxylic acids is 1. The van der Waals surface area contributed by atoms with Gasteiger partial charge in [0, 0.05) is 11.4 Å². The Morgan fingerprint density at radius 3 is 2.73 bits per heavy atom. The van der Waals surface area contributed by atoms with Gasteiger partial charge in [-0.25, -0.2) is 4.98 Å². The maximum Gasteiger partial charge on any atom is 0.320 e. The Morgan fingerprint density at radius 1 is 1.67 bits per heavy atom. The third-order valence-corrected chi connectivity index (χ3v) is 3.20. The lowest BCUT2D eigenvalue weighted by Gasteiger charge is -2.17. The van der Waals surface area contributed by atoms with E-state index in [0.717, 1.165) is 10.6 Å². The molecule has 0 aliphatic carbocycles. The summed E-state index contributed by atoms with van der Waals surface area (Å²) in [7, 11) is 0. The van der Waals surface area contributed by atoms with Gasteiger partial charge >= 0.3 is 5.97 Å². The van der Waals surface area contributed by atoms with Crippen molar-refractivity contribution in [3.05, 3.63) is 16.1 Å². The molecule has 0 amide bonds. The van der Waals surface area contributed by atoms with Crippen molar-refractivity contribution in [1.29, 1.82) is 0 Å². The van der Waals surface area contributed by atoms with Crippen molar-refractivity contribution in [2.24, 2.45) is 5.92 Å². The maximum absolute atomic E-state index is 10.9. The molecule has 0 saturated carbocycles. The molecule has 0 fully saturated rings. The first-order chi connectivity index (χ1) is 7.02. The number of carbonyl (C=O) groups is 1. The number of carboxylic acid groups (broad SMARTS) is 1. The van der Waals surface area contributed by atoms with Crippen molar-refractivity contribution < 1.29 is 9.90 Å². The number of nitrogens with one attached hydrogen (secondary N) is 1. The zero-order valence-corrected chi connectivity index (χ0v) is 9.97. The number of rotatable bonds is 5. The second-order valence-electron chi connectivity index (χ2n) is 3.80. The highest BCUT2D eigenvalue weighted by Gasteiger charge is 2.20. The van der Waals surface area contributed by atoms with Crippen molar-refractivity contribution in [1.82, 2.24) is 10.3 Å². The van der Waals surface area contributed by atoms with E-state index in [0.29, 0.717) is 6.54 Å². The van der Waals surface area contributed by atoms with E-state index in [2.05, 4.69) is 10.3 Å². The number of hydrogen-bond acceptors (Lipinski definition) is 4. The van der Waals surface area contributed by atoms with Crippen molar-refractivity contribution in [2.45, 2.75) is 33.4 Å². The van der Waals surface area contributed by atoms with Crippen LogP contribution in [0.15, 0.2) is 5.51 Å². The molecule has 84 valence electrons. The molecule has 1 rings (SSSR count). The lowest BCUT2D eigenvalue weighted by molar-refractivity contribution is -0.140. The lowest BCUT2D eigenvalue weighted by Crippen LogP contribution is -2.40. The predicted octanol–water partition coefficient (Wildman–Crippen LogP) is 1.65. The topological polar surface area (TPSA) is 62.2 Å². The minimum absolute atomic E-state index is 0.0794. The molecule has 0 aliphatic heterocycles. The summed E-state index contributed by atoms with van der Waals surface area (Å²) >= 11 is 1.55. The normalized spacial score (nSPS) is 13.1. The van der Waals surface area contributed by atoms with Crippen molar-refractivity contribution in [2.75, 3.05) is 0 Å². The van der Waals surface area contributed by atoms with Crippen LogP contribution in [0.25, 0.3) is 0 Å². The number of aryl methyl sites for hydroxylation is 1. The first-order valence-corrected chi connectivity index (χ1v) is 5.75. The van der Waals surface area contributed by atoms with Gasteiger partial charge in [0.2, 0.25) is 0 Å². The largest absolute Gasteiger partial charge is 0.480 e. The highest BCUT2D eigenvalue weighted by molar-refractivity contribution is 7.09. The van der Waals surface area contributed by atoms with E-state index in [1.807, 2.05) is 20.8 Å². The third-order valence-electron chi connectivity index (χ3n) is 2.26. The molecule has 1 aromatic rings. The SMILES string of the molecule is Cc1ncsc1CNC(C(=O)O)C(C)C. The summed E-state index contributed by atoms with van der Waals surface area (Å²) in [6.45, 7) is 6.29. The molecular weight excluding hydrogens is 212 g/mol. The highest BCUT2D eigenvalue weighted by Crippen LogP contribution is 2.12. The Hall–Kier alpha value is -0.940. The van der Waals surface area contributed by atoms with Crippen LogP contribution in [0.1, 0.15) is 24.4 Å². The molecule has 0 aromatic carbocycles. The number of hydrogen-bond donors (Lipinski definition) is 2. The van der Waals surface area contributed by atoms with Gasteiger partial charge in [-0.2, -0.15) is 0 Å². The van der Waals surface area contributed by atoms with Crippen molar-refractivity contribution in [3.63, 3.8) is 0 Å². The lowest BCUT2D eigenvalue weighted by atomic mass is 10.1. The minimum Gasteiger partial charge on any atom is -0.480 e. The number of nitrogens with zero attached hydrogens (tertiary/aromatic N) is 1. The van der Waals surface area contributed by atoms with E-state index in [1.165, 1.54) is 0 Å². The van der Waals surface area contributed by atoms with E-state index < -0.39 is 12.0 Å². The van der Waals surface area contributed by atoms with Gasteiger partial charge in [0.05, 0.1) is 11.2 Å². The van der Waals surface area contributed by atoms with Crippen LogP contribution in [-0.2, 0) is 11.3 Å². The van der Waals surface area contributed by atoms with Crippen LogP contribution in [0.2, 0.25) is 0 Å². The molecule has 1 aromatic heterocycles. The van der Waals surface area contributed by atoms with Crippen LogP contribution in [0.5, 0.6) is 0 Å². The molecule has 1 unspecified atom stereocenters. The first kappa shape index (κ1) is 12.1. The zero-order chi connectivity index (χ0) is 11.4. The fraction of sp³-hybridized carbons (Fsp3) is 0.600. The fourth-order valence-corrected chi connectivity index (χ4v) is 2.03. The zero-order valence-electron chi connectivity index (χ0n) is 9.15. The van der Waals surface area contributed by atoms with Crippen LogP contribution in [0.4, 0.5) is 0 Å². The van der Waals surface area contributed by atoms with E-state index in [1.54, 1.807) is 16.8 Å². The molecular formula is C10H16N2O2S. The Bertz CT molecular complexity index is 336. The Labute approximate surface area is 93.4 Å². The summed E-state index contributed by atoms with van der Waals surface area (Å²) in [5, 5.41) is 12.0. The van der Waals surface area contributed by atoms with E-state index in [-0.39, 0.29) is 5.92 Å². The molecule has 0 spiro atoms. The summed E-state index contributed by atoms with van der Waals surface area (Å²) in [5.74, 6) is -0.720. The maximum atomic E-state index is 10.9. The van der Waals surface area contributed by atoms with E-state index in [4.69, 9.17) is 5.11 Å². The van der Waals surface area contributed by atoms with Gasteiger partial charge in [0.1, 0.15) is 6.04 Å². The molecule has 0 saturated heterocycles. The molecule has 15 heavy (non-hydrogen) atoms. The Kier molecular flexibility index (Phi) is 4.23. The average molecular weight is 228 g/mol. The number of thiazole rings is 1. The predicted molar refractivity (Wildman–Crippen MR) is 60.0 cm³/mol. The van der Waals surface area contributed by atoms with Crippen LogP contribution < -0.4 is 5.32 Å². The molecule has 1 atom stereocenters. The number of aromatic nitrogens is 1. The molecule has 2 N–H and O–H groups in total. The van der Waals surface area contributed by atoms with Crippen LogP contribution in [0, 0.1) is 12.8 Å². The molecule has 0 radical (unpaired) electrons. The summed E-state index contributed by atoms with van der Waals surface area (Å²) in [4.78, 5) is 16.1. The molecule has 5 heteroatoms. The van der Waals surface area contributed by atoms with Gasteiger partial charge in [0.25, 0.3) is 0 Å². The Morgan fingerprint density at radius 2 is 2.33 bits per heavy atom. The van der Waals surface area contributed by atoms with Crippen LogP contribution in [0.3, 0.4) is 0 Å². The van der Waals surface area contributed by atoms with Crippen LogP contribution in [-0.4, -0.2) is 22.1 Å². The quantitative estimate of drug-likeness (QED) is 0.804. The third kappa shape index (κ3) is 3.28. The summed E-state index contributed by atoms with van der Waals surface area (Å²) in [6, 6.07) is -0.494. The van der Waals surface area contributed by atoms with Crippen LogP contribution >= 0.6 is 11.3 Å². The van der Waals surface area contributed by atoms with Gasteiger partial charge in [-0.1, -0.05) is 13.8 Å². The highest BCUT2D eigenvalue weighted by atomic mass is 32.1. The molecule has 0 aliphatic rings.